The Morgan fingerprint density at radius 3 is 2.41 bits per heavy atom. The van der Waals surface area contributed by atoms with E-state index in [9.17, 15) is 14.3 Å². The minimum Gasteiger partial charge on any atom is -0.493 e. The maximum absolute atomic E-state index is 13.6. The molecule has 0 fully saturated rings. The maximum Gasteiger partial charge on any atom is 0.337 e. The molecule has 1 atom stereocenters. The van der Waals surface area contributed by atoms with E-state index in [-0.39, 0.29) is 11.2 Å². The van der Waals surface area contributed by atoms with Crippen LogP contribution >= 0.6 is 0 Å². The number of nitrogens with zero attached hydrogens (tertiary/aromatic N) is 2. The number of halogens is 1. The minimum absolute atomic E-state index is 0.109. The molecular weight excluding hydrogens is 555 g/mol. The van der Waals surface area contributed by atoms with Gasteiger partial charge in [-0.1, -0.05) is 44.2 Å². The highest BCUT2D eigenvalue weighted by molar-refractivity contribution is 5.82. The van der Waals surface area contributed by atoms with E-state index < -0.39 is 17.7 Å². The third kappa shape index (κ3) is 5.60. The molecule has 1 aliphatic heterocycles. The number of aryl methyl sites for hydroxylation is 1. The summed E-state index contributed by atoms with van der Waals surface area (Å²) in [5.74, 6) is -0.492. The Kier molecular flexibility index (Phi) is 7.33. The fourth-order valence-electron chi connectivity index (χ4n) is 6.00. The SMILES string of the molecule is Cc1cc2nc(-c3cccc(-c4ccc(F)cc4)c3)cn2c(-c2ccc3c(c2)C(C)(C)CCO3)c1C(OC(C)(C)C)C(=O)O. The molecule has 1 N–H and O–H groups in total. The average molecular weight is 593 g/mol. The number of pyridine rings is 1. The maximum atomic E-state index is 13.6. The number of aliphatic carboxylic acids is 1. The van der Waals surface area contributed by atoms with Crippen molar-refractivity contribution in [3.8, 4) is 39.4 Å². The summed E-state index contributed by atoms with van der Waals surface area (Å²) in [5.41, 5.74) is 7.36. The molecule has 0 amide bonds. The normalized spacial score (nSPS) is 15.1. The number of fused-ring (bicyclic) bond motifs is 2. The van der Waals surface area contributed by atoms with E-state index >= 15 is 0 Å². The minimum atomic E-state index is -1.21. The third-order valence-electron chi connectivity index (χ3n) is 8.26. The Balaban J connectivity index is 1.59. The Bertz CT molecular complexity index is 1880. The summed E-state index contributed by atoms with van der Waals surface area (Å²) in [4.78, 5) is 17.8. The van der Waals surface area contributed by atoms with Crippen molar-refractivity contribution in [3.63, 3.8) is 0 Å². The van der Waals surface area contributed by atoms with E-state index in [2.05, 4.69) is 19.9 Å². The van der Waals surface area contributed by atoms with Crippen LogP contribution in [0.15, 0.2) is 79.0 Å². The summed E-state index contributed by atoms with van der Waals surface area (Å²) in [6, 6.07) is 22.4. The van der Waals surface area contributed by atoms with E-state index in [1.54, 1.807) is 12.1 Å². The molecule has 226 valence electrons. The van der Waals surface area contributed by atoms with Crippen LogP contribution in [0.5, 0.6) is 5.75 Å². The van der Waals surface area contributed by atoms with Gasteiger partial charge >= 0.3 is 5.97 Å². The number of imidazole rings is 1. The van der Waals surface area contributed by atoms with Crippen molar-refractivity contribution in [1.29, 1.82) is 0 Å². The number of hydrogen-bond donors (Lipinski definition) is 1. The molecule has 1 unspecified atom stereocenters. The molecule has 0 radical (unpaired) electrons. The van der Waals surface area contributed by atoms with Crippen LogP contribution in [0.3, 0.4) is 0 Å². The molecule has 2 aromatic heterocycles. The first kappa shape index (κ1) is 29.6. The second-order valence-electron chi connectivity index (χ2n) is 13.2. The van der Waals surface area contributed by atoms with Crippen molar-refractivity contribution >= 4 is 11.6 Å². The van der Waals surface area contributed by atoms with Gasteiger partial charge in [-0.2, -0.15) is 0 Å². The fourth-order valence-corrected chi connectivity index (χ4v) is 6.00. The number of hydrogen-bond acceptors (Lipinski definition) is 4. The number of ether oxygens (including phenoxy) is 2. The summed E-state index contributed by atoms with van der Waals surface area (Å²) in [6.07, 6.45) is 1.63. The fraction of sp³-hybridized carbons (Fsp3) is 0.297. The Morgan fingerprint density at radius 1 is 1.00 bits per heavy atom. The van der Waals surface area contributed by atoms with Gasteiger partial charge in [-0.3, -0.25) is 4.40 Å². The van der Waals surface area contributed by atoms with Crippen LogP contribution in [-0.4, -0.2) is 32.7 Å². The summed E-state index contributed by atoms with van der Waals surface area (Å²) < 4.78 is 27.8. The molecule has 3 heterocycles. The summed E-state index contributed by atoms with van der Waals surface area (Å²) in [7, 11) is 0. The van der Waals surface area contributed by atoms with Gasteiger partial charge in [0.15, 0.2) is 6.10 Å². The van der Waals surface area contributed by atoms with Gasteiger partial charge in [-0.15, -0.1) is 0 Å². The topological polar surface area (TPSA) is 73.1 Å². The molecule has 0 aliphatic carbocycles. The van der Waals surface area contributed by atoms with Crippen LogP contribution in [0.1, 0.15) is 63.8 Å². The highest BCUT2D eigenvalue weighted by Gasteiger charge is 2.34. The van der Waals surface area contributed by atoms with Crippen molar-refractivity contribution in [2.45, 2.75) is 65.1 Å². The van der Waals surface area contributed by atoms with Crippen molar-refractivity contribution in [2.75, 3.05) is 6.61 Å². The zero-order valence-corrected chi connectivity index (χ0v) is 25.9. The molecule has 1 aliphatic rings. The Hall–Kier alpha value is -4.49. The summed E-state index contributed by atoms with van der Waals surface area (Å²) in [6.45, 7) is 12.6. The Labute approximate surface area is 257 Å². The van der Waals surface area contributed by atoms with E-state index in [1.807, 2.05) is 80.8 Å². The lowest BCUT2D eigenvalue weighted by molar-refractivity contribution is -0.160. The van der Waals surface area contributed by atoms with Crippen LogP contribution < -0.4 is 4.74 Å². The van der Waals surface area contributed by atoms with Crippen LogP contribution in [0.4, 0.5) is 4.39 Å². The number of carboxylic acid groups (broad SMARTS) is 1. The van der Waals surface area contributed by atoms with Crippen LogP contribution in [0.2, 0.25) is 0 Å². The van der Waals surface area contributed by atoms with E-state index in [1.165, 1.54) is 12.1 Å². The molecule has 0 spiro atoms. The average Bonchev–Trinajstić information content (AvgIpc) is 3.39. The first-order valence-electron chi connectivity index (χ1n) is 14.9. The van der Waals surface area contributed by atoms with Crippen LogP contribution in [0.25, 0.3) is 39.3 Å². The second kappa shape index (κ2) is 10.9. The van der Waals surface area contributed by atoms with E-state index in [4.69, 9.17) is 14.5 Å². The monoisotopic (exact) mass is 592 g/mol. The molecule has 0 saturated carbocycles. The predicted molar refractivity (Wildman–Crippen MR) is 171 cm³/mol. The first-order valence-corrected chi connectivity index (χ1v) is 14.9. The number of rotatable bonds is 6. The molecule has 5 aromatic rings. The lowest BCUT2D eigenvalue weighted by Crippen LogP contribution is -2.29. The lowest BCUT2D eigenvalue weighted by Gasteiger charge is -2.33. The quantitative estimate of drug-likeness (QED) is 0.213. The molecular formula is C37H37FN2O4. The molecule has 3 aromatic carbocycles. The van der Waals surface area contributed by atoms with Gasteiger partial charge in [-0.25, -0.2) is 14.2 Å². The molecule has 7 heteroatoms. The Morgan fingerprint density at radius 2 is 1.70 bits per heavy atom. The van der Waals surface area contributed by atoms with Crippen molar-refractivity contribution < 1.29 is 23.8 Å². The van der Waals surface area contributed by atoms with Crippen molar-refractivity contribution in [1.82, 2.24) is 9.38 Å². The largest absolute Gasteiger partial charge is 0.493 e. The highest BCUT2D eigenvalue weighted by Crippen LogP contribution is 2.43. The van der Waals surface area contributed by atoms with Crippen molar-refractivity contribution in [3.05, 3.63) is 102 Å². The highest BCUT2D eigenvalue weighted by atomic mass is 19.1. The van der Waals surface area contributed by atoms with Gasteiger partial charge in [0.25, 0.3) is 0 Å². The van der Waals surface area contributed by atoms with Crippen LogP contribution in [-0.2, 0) is 14.9 Å². The number of aromatic nitrogens is 2. The van der Waals surface area contributed by atoms with Gasteiger partial charge < -0.3 is 14.6 Å². The number of carboxylic acids is 1. The molecule has 0 saturated heterocycles. The third-order valence-corrected chi connectivity index (χ3v) is 8.26. The van der Waals surface area contributed by atoms with E-state index in [0.29, 0.717) is 23.5 Å². The number of carbonyl (C=O) groups is 1. The van der Waals surface area contributed by atoms with Gasteiger partial charge in [0, 0.05) is 22.9 Å². The molecule has 44 heavy (non-hydrogen) atoms. The summed E-state index contributed by atoms with van der Waals surface area (Å²) >= 11 is 0. The van der Waals surface area contributed by atoms with Crippen LogP contribution in [0, 0.1) is 12.7 Å². The zero-order chi connectivity index (χ0) is 31.4. The molecule has 6 rings (SSSR count). The smallest absolute Gasteiger partial charge is 0.337 e. The van der Waals surface area contributed by atoms with Gasteiger partial charge in [-0.05, 0) is 104 Å². The molecule has 6 nitrogen and oxygen atoms in total. The second-order valence-corrected chi connectivity index (χ2v) is 13.2. The molecule has 0 bridgehead atoms. The van der Waals surface area contributed by atoms with Crippen molar-refractivity contribution in [2.24, 2.45) is 0 Å². The zero-order valence-electron chi connectivity index (χ0n) is 25.9. The lowest BCUT2D eigenvalue weighted by atomic mass is 9.79. The van der Waals surface area contributed by atoms with E-state index in [0.717, 1.165) is 51.2 Å². The number of benzene rings is 3. The van der Waals surface area contributed by atoms with Gasteiger partial charge in [0.1, 0.15) is 17.2 Å². The van der Waals surface area contributed by atoms with Gasteiger partial charge in [0.05, 0.1) is 23.6 Å². The summed E-state index contributed by atoms with van der Waals surface area (Å²) in [5, 5.41) is 10.5. The van der Waals surface area contributed by atoms with Gasteiger partial charge in [0.2, 0.25) is 0 Å². The standard InChI is InChI=1S/C37H37FN2O4/c1-22-18-31-39-29(25-9-7-8-24(19-25)23-10-13-27(38)14-11-23)21-40(31)33(32(22)34(35(41)42)44-36(2,3)4)26-12-15-30-28(20-26)37(5,6)16-17-43-30/h7-15,18-21,34H,16-17H2,1-6H3,(H,41,42). The predicted octanol–water partition coefficient (Wildman–Crippen LogP) is 8.78. The first-order chi connectivity index (χ1) is 20.8.